The summed E-state index contributed by atoms with van der Waals surface area (Å²) in [5.74, 6) is 0. The van der Waals surface area contributed by atoms with Crippen LogP contribution in [-0.2, 0) is 0 Å². The van der Waals surface area contributed by atoms with Crippen molar-refractivity contribution in [3.8, 4) is 0 Å². The standard InChI is InChI=1S/C13H17BrN4S/c1-9(2)17-5-7-18(8-6-17)13-15-10-3-4-11(14)16-12(10)19-13/h3-4,9H,5-8H2,1-2H3. The molecule has 0 amide bonds. The molecule has 4 nitrogen and oxygen atoms in total. The van der Waals surface area contributed by atoms with Crippen molar-refractivity contribution in [3.63, 3.8) is 0 Å². The number of nitrogens with zero attached hydrogens (tertiary/aromatic N) is 4. The number of fused-ring (bicyclic) bond motifs is 1. The van der Waals surface area contributed by atoms with Crippen molar-refractivity contribution in [2.75, 3.05) is 31.1 Å². The number of piperazine rings is 1. The van der Waals surface area contributed by atoms with Crippen molar-refractivity contribution < 1.29 is 0 Å². The van der Waals surface area contributed by atoms with Gasteiger partial charge in [-0.3, -0.25) is 4.90 Å². The molecule has 3 rings (SSSR count). The first kappa shape index (κ1) is 13.3. The minimum Gasteiger partial charge on any atom is -0.345 e. The molecule has 0 N–H and O–H groups in total. The molecule has 1 aliphatic rings. The Bertz CT molecular complexity index is 575. The average molecular weight is 341 g/mol. The Morgan fingerprint density at radius 1 is 1.16 bits per heavy atom. The number of hydrogen-bond donors (Lipinski definition) is 0. The Balaban J connectivity index is 1.78. The van der Waals surface area contributed by atoms with Crippen LogP contribution in [-0.4, -0.2) is 47.1 Å². The van der Waals surface area contributed by atoms with Crippen LogP contribution >= 0.6 is 27.3 Å². The van der Waals surface area contributed by atoms with Gasteiger partial charge in [0.1, 0.15) is 15.0 Å². The Hall–Kier alpha value is -0.720. The predicted molar refractivity (Wildman–Crippen MR) is 84.0 cm³/mol. The predicted octanol–water partition coefficient (Wildman–Crippen LogP) is 2.98. The fraction of sp³-hybridized carbons (Fsp3) is 0.538. The largest absolute Gasteiger partial charge is 0.345 e. The van der Waals surface area contributed by atoms with Crippen molar-refractivity contribution in [1.29, 1.82) is 0 Å². The van der Waals surface area contributed by atoms with Crippen LogP contribution in [0.25, 0.3) is 10.3 Å². The van der Waals surface area contributed by atoms with Crippen molar-refractivity contribution in [2.24, 2.45) is 0 Å². The van der Waals surface area contributed by atoms with Gasteiger partial charge in [-0.2, -0.15) is 0 Å². The molecule has 0 saturated carbocycles. The Kier molecular flexibility index (Phi) is 3.73. The number of anilines is 1. The first-order valence-corrected chi connectivity index (χ1v) is 8.16. The fourth-order valence-electron chi connectivity index (χ4n) is 2.35. The molecule has 3 heterocycles. The molecule has 0 bridgehead atoms. The van der Waals surface area contributed by atoms with E-state index in [9.17, 15) is 0 Å². The van der Waals surface area contributed by atoms with Gasteiger partial charge < -0.3 is 4.90 Å². The summed E-state index contributed by atoms with van der Waals surface area (Å²) in [5.41, 5.74) is 0.995. The maximum atomic E-state index is 4.69. The van der Waals surface area contributed by atoms with Crippen LogP contribution in [0.15, 0.2) is 16.7 Å². The number of pyridine rings is 1. The Labute approximate surface area is 125 Å². The summed E-state index contributed by atoms with van der Waals surface area (Å²) in [5, 5.41) is 1.10. The van der Waals surface area contributed by atoms with E-state index in [1.165, 1.54) is 0 Å². The second-order valence-corrected chi connectivity index (χ2v) is 6.84. The molecule has 1 saturated heterocycles. The zero-order valence-electron chi connectivity index (χ0n) is 11.1. The van der Waals surface area contributed by atoms with Crippen LogP contribution in [0, 0.1) is 0 Å². The summed E-state index contributed by atoms with van der Waals surface area (Å²) in [4.78, 5) is 15.1. The van der Waals surface area contributed by atoms with Gasteiger partial charge in [0.05, 0.1) is 0 Å². The molecule has 19 heavy (non-hydrogen) atoms. The number of halogens is 1. The lowest BCUT2D eigenvalue weighted by Crippen LogP contribution is -2.48. The second-order valence-electron chi connectivity index (χ2n) is 5.07. The third-order valence-corrected chi connectivity index (χ3v) is 4.99. The molecular weight excluding hydrogens is 324 g/mol. The summed E-state index contributed by atoms with van der Waals surface area (Å²) in [7, 11) is 0. The maximum Gasteiger partial charge on any atom is 0.188 e. The topological polar surface area (TPSA) is 32.3 Å². The van der Waals surface area contributed by atoms with Gasteiger partial charge in [0.25, 0.3) is 0 Å². The van der Waals surface area contributed by atoms with E-state index in [2.05, 4.69) is 49.5 Å². The lowest BCUT2D eigenvalue weighted by atomic mass is 10.2. The van der Waals surface area contributed by atoms with E-state index < -0.39 is 0 Å². The van der Waals surface area contributed by atoms with Crippen LogP contribution in [0.1, 0.15) is 13.8 Å². The second kappa shape index (κ2) is 5.34. The van der Waals surface area contributed by atoms with E-state index in [-0.39, 0.29) is 0 Å². The molecule has 0 aromatic carbocycles. The molecule has 102 valence electrons. The first-order valence-electron chi connectivity index (χ1n) is 6.55. The number of rotatable bonds is 2. The molecule has 0 atom stereocenters. The van der Waals surface area contributed by atoms with Crippen molar-refractivity contribution in [3.05, 3.63) is 16.7 Å². The van der Waals surface area contributed by atoms with Gasteiger partial charge in [-0.15, -0.1) is 0 Å². The summed E-state index contributed by atoms with van der Waals surface area (Å²) >= 11 is 5.09. The van der Waals surface area contributed by atoms with Gasteiger partial charge in [0.2, 0.25) is 0 Å². The van der Waals surface area contributed by atoms with Crippen molar-refractivity contribution in [2.45, 2.75) is 19.9 Å². The minimum atomic E-state index is 0.634. The van der Waals surface area contributed by atoms with Crippen LogP contribution in [0.4, 0.5) is 5.13 Å². The highest BCUT2D eigenvalue weighted by molar-refractivity contribution is 9.10. The van der Waals surface area contributed by atoms with Gasteiger partial charge in [0.15, 0.2) is 5.13 Å². The zero-order valence-corrected chi connectivity index (χ0v) is 13.5. The lowest BCUT2D eigenvalue weighted by molar-refractivity contribution is 0.209. The molecule has 0 radical (unpaired) electrons. The summed E-state index contributed by atoms with van der Waals surface area (Å²) in [6, 6.07) is 4.61. The Morgan fingerprint density at radius 3 is 2.58 bits per heavy atom. The highest BCUT2D eigenvalue weighted by Gasteiger charge is 2.21. The summed E-state index contributed by atoms with van der Waals surface area (Å²) < 4.78 is 0.875. The minimum absolute atomic E-state index is 0.634. The summed E-state index contributed by atoms with van der Waals surface area (Å²) in [6.45, 7) is 8.86. The number of aromatic nitrogens is 2. The number of hydrogen-bond acceptors (Lipinski definition) is 5. The normalized spacial score (nSPS) is 17.6. The molecule has 0 unspecified atom stereocenters. The van der Waals surface area contributed by atoms with Gasteiger partial charge in [0, 0.05) is 32.2 Å². The smallest absolute Gasteiger partial charge is 0.188 e. The average Bonchev–Trinajstić information content (AvgIpc) is 2.81. The third kappa shape index (κ3) is 2.75. The zero-order chi connectivity index (χ0) is 13.4. The van der Waals surface area contributed by atoms with E-state index in [0.717, 1.165) is 46.3 Å². The van der Waals surface area contributed by atoms with E-state index >= 15 is 0 Å². The Morgan fingerprint density at radius 2 is 1.89 bits per heavy atom. The molecular formula is C13H17BrN4S. The number of thiazole rings is 1. The van der Waals surface area contributed by atoms with Gasteiger partial charge >= 0.3 is 0 Å². The van der Waals surface area contributed by atoms with E-state index in [4.69, 9.17) is 0 Å². The molecule has 2 aromatic rings. The van der Waals surface area contributed by atoms with Crippen molar-refractivity contribution >= 4 is 42.7 Å². The van der Waals surface area contributed by atoms with Crippen LogP contribution in [0.2, 0.25) is 0 Å². The molecule has 1 fully saturated rings. The van der Waals surface area contributed by atoms with E-state index in [1.807, 2.05) is 12.1 Å². The lowest BCUT2D eigenvalue weighted by Gasteiger charge is -2.36. The molecule has 1 aliphatic heterocycles. The quantitative estimate of drug-likeness (QED) is 0.786. The molecule has 0 spiro atoms. The first-order chi connectivity index (χ1) is 9.13. The van der Waals surface area contributed by atoms with Gasteiger partial charge in [-0.05, 0) is 41.9 Å². The van der Waals surface area contributed by atoms with Gasteiger partial charge in [-0.1, -0.05) is 11.3 Å². The molecule has 0 aliphatic carbocycles. The van der Waals surface area contributed by atoms with Crippen LogP contribution in [0.5, 0.6) is 0 Å². The van der Waals surface area contributed by atoms with E-state index in [0.29, 0.717) is 6.04 Å². The van der Waals surface area contributed by atoms with Crippen LogP contribution < -0.4 is 4.90 Å². The maximum absolute atomic E-state index is 4.69. The van der Waals surface area contributed by atoms with Gasteiger partial charge in [-0.25, -0.2) is 9.97 Å². The third-order valence-electron chi connectivity index (χ3n) is 3.53. The summed E-state index contributed by atoms with van der Waals surface area (Å²) in [6.07, 6.45) is 0. The SMILES string of the molecule is CC(C)N1CCN(c2nc3ccc(Br)nc3s2)CC1. The monoisotopic (exact) mass is 340 g/mol. The molecule has 2 aromatic heterocycles. The fourth-order valence-corrected chi connectivity index (χ4v) is 3.77. The highest BCUT2D eigenvalue weighted by atomic mass is 79.9. The van der Waals surface area contributed by atoms with Crippen LogP contribution in [0.3, 0.4) is 0 Å². The van der Waals surface area contributed by atoms with E-state index in [1.54, 1.807) is 11.3 Å². The van der Waals surface area contributed by atoms with Crippen molar-refractivity contribution in [1.82, 2.24) is 14.9 Å². The molecule has 6 heteroatoms. The highest BCUT2D eigenvalue weighted by Crippen LogP contribution is 2.29.